The van der Waals surface area contributed by atoms with Gasteiger partial charge in [-0.25, -0.2) is 12.7 Å². The van der Waals surface area contributed by atoms with Crippen LogP contribution in [0, 0.1) is 5.92 Å². The summed E-state index contributed by atoms with van der Waals surface area (Å²) in [6, 6.07) is 8.29. The van der Waals surface area contributed by atoms with Crippen molar-refractivity contribution in [2.45, 2.75) is 83.2 Å². The Morgan fingerprint density at radius 3 is 2.63 bits per heavy atom. The second kappa shape index (κ2) is 10.1. The molecular weight excluding hydrogens is 460 g/mol. The lowest BCUT2D eigenvalue weighted by Crippen LogP contribution is -2.51. The minimum Gasteiger partial charge on any atom is -0.347 e. The Bertz CT molecular complexity index is 1200. The lowest BCUT2D eigenvalue weighted by molar-refractivity contribution is -0.125. The van der Waals surface area contributed by atoms with Crippen molar-refractivity contribution in [1.29, 1.82) is 0 Å². The molecule has 1 amide bonds. The van der Waals surface area contributed by atoms with Crippen LogP contribution >= 0.6 is 0 Å². The Morgan fingerprint density at radius 2 is 1.89 bits per heavy atom. The van der Waals surface area contributed by atoms with Gasteiger partial charge >= 0.3 is 0 Å². The molecule has 0 atom stereocenters. The molecule has 2 aromatic rings. The fraction of sp³-hybridized carbons (Fsp3) is 0.630. The Labute approximate surface area is 209 Å². The van der Waals surface area contributed by atoms with Crippen LogP contribution in [-0.4, -0.2) is 53.4 Å². The molecule has 0 unspecified atom stereocenters. The summed E-state index contributed by atoms with van der Waals surface area (Å²) in [4.78, 5) is 17.8. The zero-order chi connectivity index (χ0) is 24.5. The quantitative estimate of drug-likeness (QED) is 0.590. The third-order valence-corrected chi connectivity index (χ3v) is 10.1. The van der Waals surface area contributed by atoms with Crippen molar-refractivity contribution in [2.75, 3.05) is 18.8 Å². The zero-order valence-electron chi connectivity index (χ0n) is 20.8. The number of nitrogens with zero attached hydrogens (tertiary/aromatic N) is 3. The summed E-state index contributed by atoms with van der Waals surface area (Å²) >= 11 is 0. The number of hydrogen-bond donors (Lipinski definition) is 1. The summed E-state index contributed by atoms with van der Waals surface area (Å²) < 4.78 is 30.3. The van der Waals surface area contributed by atoms with E-state index in [4.69, 9.17) is 4.99 Å². The van der Waals surface area contributed by atoms with E-state index in [9.17, 15) is 13.2 Å². The summed E-state index contributed by atoms with van der Waals surface area (Å²) in [5.74, 6) is 1.26. The molecule has 0 radical (unpaired) electrons. The highest BCUT2D eigenvalue weighted by molar-refractivity contribution is 7.89. The van der Waals surface area contributed by atoms with Gasteiger partial charge in [-0.05, 0) is 56.2 Å². The van der Waals surface area contributed by atoms with Crippen LogP contribution in [0.2, 0.25) is 0 Å². The molecule has 1 aromatic carbocycles. The maximum absolute atomic E-state index is 13.2. The number of amides is 1. The van der Waals surface area contributed by atoms with E-state index in [1.54, 1.807) is 4.31 Å². The van der Waals surface area contributed by atoms with E-state index in [1.807, 2.05) is 12.1 Å². The zero-order valence-corrected chi connectivity index (χ0v) is 21.7. The number of aromatic nitrogens is 1. The molecule has 5 rings (SSSR count). The Hall–Kier alpha value is -2.19. The molecule has 1 aromatic heterocycles. The van der Waals surface area contributed by atoms with Gasteiger partial charge in [0.05, 0.1) is 5.75 Å². The minimum absolute atomic E-state index is 0.0330. The molecule has 8 heteroatoms. The second-order valence-electron chi connectivity index (χ2n) is 10.5. The smallest absolute Gasteiger partial charge is 0.253 e. The third-order valence-electron chi connectivity index (χ3n) is 8.22. The van der Waals surface area contributed by atoms with Gasteiger partial charge in [0.1, 0.15) is 11.4 Å². The van der Waals surface area contributed by atoms with Gasteiger partial charge in [0, 0.05) is 42.7 Å². The summed E-state index contributed by atoms with van der Waals surface area (Å²) in [5, 5.41) is 4.20. The molecule has 2 aliphatic heterocycles. The normalized spacial score (nSPS) is 21.5. The van der Waals surface area contributed by atoms with Crippen molar-refractivity contribution in [3.8, 4) is 0 Å². The molecule has 0 bridgehead atoms. The van der Waals surface area contributed by atoms with Gasteiger partial charge in [-0.1, -0.05) is 44.7 Å². The van der Waals surface area contributed by atoms with Gasteiger partial charge in [0.2, 0.25) is 10.0 Å². The first-order chi connectivity index (χ1) is 16.9. The van der Waals surface area contributed by atoms with Gasteiger partial charge in [-0.15, -0.1) is 0 Å². The number of piperidine rings is 1. The number of amidine groups is 1. The topological polar surface area (TPSA) is 83.8 Å². The summed E-state index contributed by atoms with van der Waals surface area (Å²) in [6.07, 6.45) is 11.6. The number of hydrogen-bond acceptors (Lipinski definition) is 4. The van der Waals surface area contributed by atoms with E-state index in [2.05, 4.69) is 35.1 Å². The van der Waals surface area contributed by atoms with Crippen LogP contribution in [-0.2, 0) is 27.8 Å². The monoisotopic (exact) mass is 498 g/mol. The van der Waals surface area contributed by atoms with E-state index in [0.29, 0.717) is 38.3 Å². The molecule has 190 valence electrons. The number of fused-ring (bicyclic) bond motifs is 1. The largest absolute Gasteiger partial charge is 0.347 e. The summed E-state index contributed by atoms with van der Waals surface area (Å²) in [6.45, 7) is 3.88. The van der Waals surface area contributed by atoms with Crippen LogP contribution in [0.25, 0.3) is 10.9 Å². The number of benzene rings is 1. The molecule has 1 saturated heterocycles. The SMILES string of the molecule is CCCCn1ccc2c(CCS(=O)(=O)N3CCC4(CC3)N=C(C3CCCCC3)NC4=O)cccc21. The molecule has 7 nitrogen and oxygen atoms in total. The molecule has 1 aliphatic carbocycles. The van der Waals surface area contributed by atoms with Gasteiger partial charge in [0.25, 0.3) is 5.91 Å². The molecule has 3 heterocycles. The van der Waals surface area contributed by atoms with E-state index in [1.165, 1.54) is 24.8 Å². The standard InChI is InChI=1S/C27H38N4O3S/c1-2-3-16-30-17-12-23-21(10-7-11-24(23)30)13-20-35(33,34)31-18-14-27(15-19-31)26(32)28-25(29-27)22-8-5-4-6-9-22/h7,10-12,17,22H,2-6,8-9,13-16,18-20H2,1H3,(H,28,29,32). The third kappa shape index (κ3) is 4.92. The molecule has 2 fully saturated rings. The van der Waals surface area contributed by atoms with Crippen LogP contribution in [0.1, 0.15) is 70.3 Å². The van der Waals surface area contributed by atoms with E-state index >= 15 is 0 Å². The van der Waals surface area contributed by atoms with E-state index in [0.717, 1.165) is 49.0 Å². The number of carbonyl (C=O) groups is 1. The number of unbranched alkanes of at least 4 members (excludes halogenated alkanes) is 1. The van der Waals surface area contributed by atoms with Crippen molar-refractivity contribution in [3.05, 3.63) is 36.0 Å². The molecule has 1 spiro atoms. The van der Waals surface area contributed by atoms with Crippen LogP contribution < -0.4 is 5.32 Å². The minimum atomic E-state index is -3.41. The van der Waals surface area contributed by atoms with Crippen LogP contribution in [0.5, 0.6) is 0 Å². The predicted octanol–water partition coefficient (Wildman–Crippen LogP) is 4.26. The number of rotatable bonds is 8. The molecule has 3 aliphatic rings. The van der Waals surface area contributed by atoms with Gasteiger partial charge in [-0.3, -0.25) is 9.79 Å². The lowest BCUT2D eigenvalue weighted by atomic mass is 9.88. The first-order valence-electron chi connectivity index (χ1n) is 13.4. The highest BCUT2D eigenvalue weighted by Crippen LogP contribution is 2.35. The molecule has 1 N–H and O–H groups in total. The first kappa shape index (κ1) is 24.5. The highest BCUT2D eigenvalue weighted by atomic mass is 32.2. The van der Waals surface area contributed by atoms with Gasteiger partial charge in [0.15, 0.2) is 0 Å². The van der Waals surface area contributed by atoms with E-state index < -0.39 is 15.6 Å². The van der Waals surface area contributed by atoms with Crippen LogP contribution in [0.4, 0.5) is 0 Å². The van der Waals surface area contributed by atoms with Crippen molar-refractivity contribution in [2.24, 2.45) is 10.9 Å². The molecule has 35 heavy (non-hydrogen) atoms. The number of carbonyl (C=O) groups excluding carboxylic acids is 1. The first-order valence-corrected chi connectivity index (χ1v) is 15.0. The molecular formula is C27H38N4O3S. The number of aliphatic imine (C=N–C) groups is 1. The van der Waals surface area contributed by atoms with Gasteiger partial charge in [-0.2, -0.15) is 0 Å². The maximum atomic E-state index is 13.2. The van der Waals surface area contributed by atoms with Crippen molar-refractivity contribution in [1.82, 2.24) is 14.2 Å². The summed E-state index contributed by atoms with van der Waals surface area (Å²) in [5.41, 5.74) is 1.48. The fourth-order valence-electron chi connectivity index (χ4n) is 5.98. The van der Waals surface area contributed by atoms with Crippen molar-refractivity contribution in [3.63, 3.8) is 0 Å². The van der Waals surface area contributed by atoms with Gasteiger partial charge < -0.3 is 9.88 Å². The Morgan fingerprint density at radius 1 is 1.11 bits per heavy atom. The van der Waals surface area contributed by atoms with Crippen molar-refractivity contribution < 1.29 is 13.2 Å². The average Bonchev–Trinajstić information content (AvgIpc) is 3.43. The van der Waals surface area contributed by atoms with E-state index in [-0.39, 0.29) is 11.7 Å². The average molecular weight is 499 g/mol. The number of nitrogens with one attached hydrogen (secondary N) is 1. The fourth-order valence-corrected chi connectivity index (χ4v) is 7.46. The predicted molar refractivity (Wildman–Crippen MR) is 140 cm³/mol. The number of aryl methyl sites for hydroxylation is 2. The summed E-state index contributed by atoms with van der Waals surface area (Å²) in [7, 11) is -3.41. The maximum Gasteiger partial charge on any atom is 0.253 e. The molecule has 1 saturated carbocycles. The highest BCUT2D eigenvalue weighted by Gasteiger charge is 2.48. The Kier molecular flexibility index (Phi) is 7.04. The second-order valence-corrected chi connectivity index (χ2v) is 12.6. The van der Waals surface area contributed by atoms with Crippen LogP contribution in [0.3, 0.4) is 0 Å². The van der Waals surface area contributed by atoms with Crippen molar-refractivity contribution >= 4 is 32.7 Å². The Balaban J connectivity index is 1.22. The van der Waals surface area contributed by atoms with Crippen LogP contribution in [0.15, 0.2) is 35.5 Å². The lowest BCUT2D eigenvalue weighted by Gasteiger charge is -2.34. The number of sulfonamides is 1.